The van der Waals surface area contributed by atoms with E-state index in [-0.39, 0.29) is 5.91 Å². The Balaban J connectivity index is 1.79. The van der Waals surface area contributed by atoms with Crippen LogP contribution < -0.4 is 10.6 Å². The molecule has 0 saturated heterocycles. The lowest BCUT2D eigenvalue weighted by molar-refractivity contribution is 0.0924. The first-order chi connectivity index (χ1) is 9.69. The summed E-state index contributed by atoms with van der Waals surface area (Å²) in [5.41, 5.74) is 1.90. The minimum atomic E-state index is 0.0682. The van der Waals surface area contributed by atoms with E-state index < -0.39 is 0 Å². The van der Waals surface area contributed by atoms with Crippen molar-refractivity contribution in [1.29, 1.82) is 0 Å². The van der Waals surface area contributed by atoms with E-state index in [0.717, 1.165) is 30.5 Å². The topological polar surface area (TPSA) is 41.1 Å². The number of aryl methyl sites for hydroxylation is 1. The minimum absolute atomic E-state index is 0.0682. The van der Waals surface area contributed by atoms with Crippen LogP contribution >= 0.6 is 0 Å². The number of nitrogens with one attached hydrogen (secondary N) is 2. The van der Waals surface area contributed by atoms with E-state index in [4.69, 9.17) is 0 Å². The van der Waals surface area contributed by atoms with Crippen LogP contribution in [0.3, 0.4) is 0 Å². The maximum Gasteiger partial charge on any atom is 0.251 e. The monoisotopic (exact) mass is 274 g/mol. The molecule has 0 spiro atoms. The number of hydrogen-bond acceptors (Lipinski definition) is 2. The van der Waals surface area contributed by atoms with E-state index in [2.05, 4.69) is 17.6 Å². The number of carbonyl (C=O) groups is 1. The molecule has 0 aliphatic heterocycles. The van der Waals surface area contributed by atoms with Crippen LogP contribution in [0.15, 0.2) is 24.3 Å². The number of benzene rings is 1. The quantitative estimate of drug-likeness (QED) is 0.866. The van der Waals surface area contributed by atoms with Gasteiger partial charge in [0.2, 0.25) is 0 Å². The first kappa shape index (κ1) is 15.0. The Morgan fingerprint density at radius 3 is 2.55 bits per heavy atom. The Kier molecular flexibility index (Phi) is 5.60. The molecular weight excluding hydrogens is 248 g/mol. The second-order valence-corrected chi connectivity index (χ2v) is 5.85. The average Bonchev–Trinajstić information content (AvgIpc) is 2.46. The van der Waals surface area contributed by atoms with E-state index in [9.17, 15) is 4.79 Å². The summed E-state index contributed by atoms with van der Waals surface area (Å²) in [7, 11) is 0. The van der Waals surface area contributed by atoms with Crippen molar-refractivity contribution in [3.8, 4) is 0 Å². The van der Waals surface area contributed by atoms with Crippen molar-refractivity contribution in [2.75, 3.05) is 6.54 Å². The van der Waals surface area contributed by atoms with Gasteiger partial charge in [-0.15, -0.1) is 0 Å². The van der Waals surface area contributed by atoms with E-state index in [1.54, 1.807) is 0 Å². The van der Waals surface area contributed by atoms with Gasteiger partial charge in [0, 0.05) is 17.6 Å². The third-order valence-electron chi connectivity index (χ3n) is 4.03. The van der Waals surface area contributed by atoms with E-state index in [1.165, 1.54) is 19.3 Å². The van der Waals surface area contributed by atoms with Crippen LogP contribution in [0.5, 0.6) is 0 Å². The Labute approximate surface area is 122 Å². The molecule has 0 radical (unpaired) electrons. The van der Waals surface area contributed by atoms with Gasteiger partial charge in [0.05, 0.1) is 0 Å². The second kappa shape index (κ2) is 7.44. The van der Waals surface area contributed by atoms with Gasteiger partial charge in [-0.1, -0.05) is 24.6 Å². The van der Waals surface area contributed by atoms with Crippen molar-refractivity contribution < 1.29 is 4.79 Å². The Morgan fingerprint density at radius 2 is 1.90 bits per heavy atom. The molecule has 0 heterocycles. The van der Waals surface area contributed by atoms with Crippen molar-refractivity contribution >= 4 is 5.91 Å². The summed E-state index contributed by atoms with van der Waals surface area (Å²) in [4.78, 5) is 12.2. The van der Waals surface area contributed by atoms with Crippen LogP contribution in [-0.2, 0) is 0 Å². The second-order valence-electron chi connectivity index (χ2n) is 5.85. The van der Waals surface area contributed by atoms with Crippen LogP contribution in [0.25, 0.3) is 0 Å². The Hall–Kier alpha value is -1.35. The molecule has 110 valence electrons. The van der Waals surface area contributed by atoms with Crippen LogP contribution in [0.2, 0.25) is 0 Å². The number of rotatable bonds is 5. The van der Waals surface area contributed by atoms with Gasteiger partial charge >= 0.3 is 0 Å². The Morgan fingerprint density at radius 1 is 1.20 bits per heavy atom. The summed E-state index contributed by atoms with van der Waals surface area (Å²) in [6, 6.07) is 8.77. The molecule has 1 aliphatic rings. The largest absolute Gasteiger partial charge is 0.349 e. The maximum atomic E-state index is 12.2. The molecule has 1 saturated carbocycles. The van der Waals surface area contributed by atoms with Crippen LogP contribution in [0.4, 0.5) is 0 Å². The third-order valence-corrected chi connectivity index (χ3v) is 4.03. The van der Waals surface area contributed by atoms with Crippen molar-refractivity contribution in [2.45, 2.75) is 58.0 Å². The summed E-state index contributed by atoms with van der Waals surface area (Å²) >= 11 is 0. The smallest absolute Gasteiger partial charge is 0.251 e. The van der Waals surface area contributed by atoms with Crippen LogP contribution in [-0.4, -0.2) is 24.5 Å². The van der Waals surface area contributed by atoms with Gasteiger partial charge in [0.25, 0.3) is 5.91 Å². The lowest BCUT2D eigenvalue weighted by Crippen LogP contribution is -2.42. The summed E-state index contributed by atoms with van der Waals surface area (Å²) in [6.45, 7) is 5.31. The third kappa shape index (κ3) is 4.34. The van der Waals surface area contributed by atoms with Crippen molar-refractivity contribution in [3.63, 3.8) is 0 Å². The number of carbonyl (C=O) groups excluding carboxylic acids is 1. The van der Waals surface area contributed by atoms with Gasteiger partial charge in [-0.25, -0.2) is 0 Å². The SMILES string of the molecule is CCCNC1CCC(NC(=O)c2cccc(C)c2)CC1. The molecule has 2 N–H and O–H groups in total. The molecule has 1 aromatic rings. The van der Waals surface area contributed by atoms with Gasteiger partial charge in [0.15, 0.2) is 0 Å². The fourth-order valence-corrected chi connectivity index (χ4v) is 2.85. The molecule has 3 heteroatoms. The highest BCUT2D eigenvalue weighted by molar-refractivity contribution is 5.94. The van der Waals surface area contributed by atoms with E-state index in [0.29, 0.717) is 12.1 Å². The molecule has 2 rings (SSSR count). The molecule has 1 fully saturated rings. The van der Waals surface area contributed by atoms with Gasteiger partial charge < -0.3 is 10.6 Å². The lowest BCUT2D eigenvalue weighted by Gasteiger charge is -2.29. The summed E-state index contributed by atoms with van der Waals surface area (Å²) in [5, 5.41) is 6.74. The van der Waals surface area contributed by atoms with Gasteiger partial charge in [-0.05, 0) is 57.7 Å². The molecule has 1 aliphatic carbocycles. The van der Waals surface area contributed by atoms with Crippen LogP contribution in [0.1, 0.15) is 54.9 Å². The number of amides is 1. The minimum Gasteiger partial charge on any atom is -0.349 e. The molecule has 20 heavy (non-hydrogen) atoms. The molecule has 3 nitrogen and oxygen atoms in total. The molecule has 0 atom stereocenters. The van der Waals surface area contributed by atoms with Crippen LogP contribution in [0, 0.1) is 6.92 Å². The van der Waals surface area contributed by atoms with E-state index >= 15 is 0 Å². The first-order valence-electron chi connectivity index (χ1n) is 7.80. The highest BCUT2D eigenvalue weighted by Gasteiger charge is 2.22. The number of hydrogen-bond donors (Lipinski definition) is 2. The summed E-state index contributed by atoms with van der Waals surface area (Å²) in [5.74, 6) is 0.0682. The molecule has 1 aromatic carbocycles. The molecule has 0 bridgehead atoms. The zero-order chi connectivity index (χ0) is 14.4. The molecular formula is C17H26N2O. The highest BCUT2D eigenvalue weighted by Crippen LogP contribution is 2.19. The lowest BCUT2D eigenvalue weighted by atomic mass is 9.91. The summed E-state index contributed by atoms with van der Waals surface area (Å²) < 4.78 is 0. The zero-order valence-corrected chi connectivity index (χ0v) is 12.6. The fraction of sp³-hybridized carbons (Fsp3) is 0.588. The van der Waals surface area contributed by atoms with Crippen molar-refractivity contribution in [2.24, 2.45) is 0 Å². The zero-order valence-electron chi connectivity index (χ0n) is 12.6. The predicted octanol–water partition coefficient (Wildman–Crippen LogP) is 3.04. The molecule has 0 unspecified atom stereocenters. The fourth-order valence-electron chi connectivity index (χ4n) is 2.85. The van der Waals surface area contributed by atoms with Gasteiger partial charge in [0.1, 0.15) is 0 Å². The first-order valence-corrected chi connectivity index (χ1v) is 7.80. The van der Waals surface area contributed by atoms with Gasteiger partial charge in [-0.3, -0.25) is 4.79 Å². The summed E-state index contributed by atoms with van der Waals surface area (Å²) in [6.07, 6.45) is 5.68. The van der Waals surface area contributed by atoms with Crippen molar-refractivity contribution in [1.82, 2.24) is 10.6 Å². The van der Waals surface area contributed by atoms with Gasteiger partial charge in [-0.2, -0.15) is 0 Å². The van der Waals surface area contributed by atoms with E-state index in [1.807, 2.05) is 31.2 Å². The highest BCUT2D eigenvalue weighted by atomic mass is 16.1. The maximum absolute atomic E-state index is 12.2. The predicted molar refractivity (Wildman–Crippen MR) is 83.0 cm³/mol. The standard InChI is InChI=1S/C17H26N2O/c1-3-11-18-15-7-9-16(10-8-15)19-17(20)14-6-4-5-13(2)12-14/h4-6,12,15-16,18H,3,7-11H2,1-2H3,(H,19,20). The van der Waals surface area contributed by atoms with Crippen molar-refractivity contribution in [3.05, 3.63) is 35.4 Å². The normalized spacial score (nSPS) is 22.5. The Bertz CT molecular complexity index is 436. The molecule has 0 aromatic heterocycles. The average molecular weight is 274 g/mol. The molecule has 1 amide bonds.